The van der Waals surface area contributed by atoms with E-state index in [0.717, 1.165) is 44.7 Å². The Balaban J connectivity index is 2.06. The summed E-state index contributed by atoms with van der Waals surface area (Å²) in [6, 6.07) is 4.30. The molecule has 3 heteroatoms. The van der Waals surface area contributed by atoms with Crippen LogP contribution >= 0.6 is 0 Å². The minimum absolute atomic E-state index is 0.812. The molecule has 0 saturated heterocycles. The molecule has 20 heavy (non-hydrogen) atoms. The van der Waals surface area contributed by atoms with Crippen LogP contribution in [0.4, 0.5) is 0 Å². The van der Waals surface area contributed by atoms with Gasteiger partial charge in [0.25, 0.3) is 0 Å². The van der Waals surface area contributed by atoms with Gasteiger partial charge >= 0.3 is 0 Å². The van der Waals surface area contributed by atoms with E-state index in [1.54, 1.807) is 0 Å². The van der Waals surface area contributed by atoms with E-state index in [1.165, 1.54) is 34.1 Å². The van der Waals surface area contributed by atoms with Crippen molar-refractivity contribution in [2.75, 3.05) is 19.7 Å². The van der Waals surface area contributed by atoms with Gasteiger partial charge in [0, 0.05) is 24.0 Å². The molecule has 0 atom stereocenters. The topological polar surface area (TPSA) is 37.0 Å². The summed E-state index contributed by atoms with van der Waals surface area (Å²) in [4.78, 5) is 3.64. The third-order valence-electron chi connectivity index (χ3n) is 4.18. The molecule has 0 saturated carbocycles. The SMILES string of the molecule is CCCCOc1ccc(C)c2[nH]c3c(c12)CCNCC3. The van der Waals surface area contributed by atoms with E-state index in [4.69, 9.17) is 4.74 Å². The van der Waals surface area contributed by atoms with Crippen LogP contribution in [0.2, 0.25) is 0 Å². The van der Waals surface area contributed by atoms with Crippen LogP contribution in [0, 0.1) is 6.92 Å². The molecule has 2 aromatic rings. The Morgan fingerprint density at radius 3 is 2.90 bits per heavy atom. The van der Waals surface area contributed by atoms with Gasteiger partial charge in [-0.3, -0.25) is 0 Å². The lowest BCUT2D eigenvalue weighted by Gasteiger charge is -2.10. The molecule has 1 aromatic carbocycles. The summed E-state index contributed by atoms with van der Waals surface area (Å²) >= 11 is 0. The van der Waals surface area contributed by atoms with Gasteiger partial charge in [0.1, 0.15) is 5.75 Å². The van der Waals surface area contributed by atoms with Gasteiger partial charge in [-0.25, -0.2) is 0 Å². The predicted molar refractivity (Wildman–Crippen MR) is 83.7 cm³/mol. The quantitative estimate of drug-likeness (QED) is 0.838. The first-order valence-electron chi connectivity index (χ1n) is 7.77. The van der Waals surface area contributed by atoms with Crippen molar-refractivity contribution in [1.29, 1.82) is 0 Å². The van der Waals surface area contributed by atoms with Crippen molar-refractivity contribution in [2.45, 2.75) is 39.5 Å². The number of rotatable bonds is 4. The van der Waals surface area contributed by atoms with Crippen molar-refractivity contribution >= 4 is 10.9 Å². The van der Waals surface area contributed by atoms with Gasteiger partial charge in [-0.1, -0.05) is 19.4 Å². The molecule has 0 radical (unpaired) electrons. The second-order valence-electron chi connectivity index (χ2n) is 5.66. The molecule has 0 spiro atoms. The number of aryl methyl sites for hydroxylation is 1. The fraction of sp³-hybridized carbons (Fsp3) is 0.529. The minimum Gasteiger partial charge on any atom is -0.493 e. The summed E-state index contributed by atoms with van der Waals surface area (Å²) in [6.45, 7) is 7.30. The van der Waals surface area contributed by atoms with Gasteiger partial charge in [0.05, 0.1) is 12.1 Å². The fourth-order valence-electron chi connectivity index (χ4n) is 3.01. The molecule has 0 bridgehead atoms. The zero-order valence-electron chi connectivity index (χ0n) is 12.5. The van der Waals surface area contributed by atoms with Gasteiger partial charge < -0.3 is 15.0 Å². The number of hydrogen-bond acceptors (Lipinski definition) is 2. The highest BCUT2D eigenvalue weighted by molar-refractivity contribution is 5.93. The molecule has 0 fully saturated rings. The van der Waals surface area contributed by atoms with E-state index < -0.39 is 0 Å². The molecule has 0 amide bonds. The van der Waals surface area contributed by atoms with Crippen molar-refractivity contribution < 1.29 is 4.74 Å². The fourth-order valence-corrected chi connectivity index (χ4v) is 3.01. The molecule has 2 N–H and O–H groups in total. The lowest BCUT2D eigenvalue weighted by molar-refractivity contribution is 0.313. The Hall–Kier alpha value is -1.48. The molecule has 1 aromatic heterocycles. The van der Waals surface area contributed by atoms with Crippen molar-refractivity contribution in [3.63, 3.8) is 0 Å². The summed E-state index contributed by atoms with van der Waals surface area (Å²) < 4.78 is 6.04. The molecule has 1 aliphatic heterocycles. The van der Waals surface area contributed by atoms with Crippen LogP contribution < -0.4 is 10.1 Å². The average Bonchev–Trinajstić information content (AvgIpc) is 2.66. The van der Waals surface area contributed by atoms with E-state index in [0.29, 0.717) is 0 Å². The largest absolute Gasteiger partial charge is 0.493 e. The first-order chi connectivity index (χ1) is 9.81. The first-order valence-corrected chi connectivity index (χ1v) is 7.77. The molecule has 0 aliphatic carbocycles. The van der Waals surface area contributed by atoms with Gasteiger partial charge in [-0.15, -0.1) is 0 Å². The third-order valence-corrected chi connectivity index (χ3v) is 4.18. The number of ether oxygens (including phenoxy) is 1. The summed E-state index contributed by atoms with van der Waals surface area (Å²) in [6.07, 6.45) is 4.45. The summed E-state index contributed by atoms with van der Waals surface area (Å²) in [7, 11) is 0. The van der Waals surface area contributed by atoms with Crippen LogP contribution in [0.3, 0.4) is 0 Å². The highest BCUT2D eigenvalue weighted by Crippen LogP contribution is 2.34. The standard InChI is InChI=1S/C17H24N2O/c1-3-4-11-20-15-6-5-12(2)17-16(15)13-7-9-18-10-8-14(13)19-17/h5-6,18-19H,3-4,7-11H2,1-2H3. The Labute approximate surface area is 120 Å². The molecule has 108 valence electrons. The second kappa shape index (κ2) is 5.88. The Morgan fingerprint density at radius 1 is 1.20 bits per heavy atom. The van der Waals surface area contributed by atoms with E-state index in [9.17, 15) is 0 Å². The molecule has 1 aliphatic rings. The Bertz CT molecular complexity index is 601. The second-order valence-corrected chi connectivity index (χ2v) is 5.66. The van der Waals surface area contributed by atoms with Crippen LogP contribution in [-0.2, 0) is 12.8 Å². The number of aromatic nitrogens is 1. The maximum atomic E-state index is 6.04. The monoisotopic (exact) mass is 272 g/mol. The van der Waals surface area contributed by atoms with Crippen molar-refractivity contribution in [2.24, 2.45) is 0 Å². The average molecular weight is 272 g/mol. The highest BCUT2D eigenvalue weighted by Gasteiger charge is 2.18. The lowest BCUT2D eigenvalue weighted by Crippen LogP contribution is -2.16. The van der Waals surface area contributed by atoms with Crippen molar-refractivity contribution in [3.8, 4) is 5.75 Å². The number of aromatic amines is 1. The number of H-pyrrole nitrogens is 1. The summed E-state index contributed by atoms with van der Waals surface area (Å²) in [5.74, 6) is 1.05. The predicted octanol–water partition coefficient (Wildman–Crippen LogP) is 3.34. The van der Waals surface area contributed by atoms with Gasteiger partial charge in [0.2, 0.25) is 0 Å². The summed E-state index contributed by atoms with van der Waals surface area (Å²) in [5, 5.41) is 4.79. The maximum Gasteiger partial charge on any atom is 0.128 e. The van der Waals surface area contributed by atoms with Gasteiger partial charge in [0.15, 0.2) is 0 Å². The molecule has 3 nitrogen and oxygen atoms in total. The number of fused-ring (bicyclic) bond motifs is 3. The minimum atomic E-state index is 0.812. The van der Waals surface area contributed by atoms with Crippen molar-refractivity contribution in [1.82, 2.24) is 10.3 Å². The van der Waals surface area contributed by atoms with Crippen LogP contribution in [0.15, 0.2) is 12.1 Å². The molecular formula is C17H24N2O. The Kier molecular flexibility index (Phi) is 3.97. The number of benzene rings is 1. The van der Waals surface area contributed by atoms with Gasteiger partial charge in [-0.2, -0.15) is 0 Å². The molecule has 3 rings (SSSR count). The van der Waals surface area contributed by atoms with Crippen LogP contribution in [0.25, 0.3) is 10.9 Å². The first kappa shape index (κ1) is 13.5. The third kappa shape index (κ3) is 2.42. The van der Waals surface area contributed by atoms with E-state index in [-0.39, 0.29) is 0 Å². The van der Waals surface area contributed by atoms with E-state index >= 15 is 0 Å². The van der Waals surface area contributed by atoms with Crippen LogP contribution in [0.1, 0.15) is 36.6 Å². The normalized spacial score (nSPS) is 15.1. The molecule has 2 heterocycles. The lowest BCUT2D eigenvalue weighted by atomic mass is 10.0. The maximum absolute atomic E-state index is 6.04. The number of hydrogen-bond donors (Lipinski definition) is 2. The van der Waals surface area contributed by atoms with E-state index in [2.05, 4.69) is 36.3 Å². The molecule has 0 unspecified atom stereocenters. The van der Waals surface area contributed by atoms with E-state index in [1.807, 2.05) is 0 Å². The van der Waals surface area contributed by atoms with Gasteiger partial charge in [-0.05, 0) is 43.5 Å². The molecular weight excluding hydrogens is 248 g/mol. The zero-order chi connectivity index (χ0) is 13.9. The summed E-state index contributed by atoms with van der Waals surface area (Å²) in [5.41, 5.74) is 5.43. The van der Waals surface area contributed by atoms with Crippen molar-refractivity contribution in [3.05, 3.63) is 29.0 Å². The van der Waals surface area contributed by atoms with Crippen LogP contribution in [0.5, 0.6) is 5.75 Å². The Morgan fingerprint density at radius 2 is 2.05 bits per heavy atom. The highest BCUT2D eigenvalue weighted by atomic mass is 16.5. The zero-order valence-corrected chi connectivity index (χ0v) is 12.5. The number of nitrogens with one attached hydrogen (secondary N) is 2. The smallest absolute Gasteiger partial charge is 0.128 e. The van der Waals surface area contributed by atoms with Crippen LogP contribution in [-0.4, -0.2) is 24.7 Å². The number of unbranched alkanes of at least 4 members (excludes halogenated alkanes) is 1.